The standard InChI is InChI=1S/C37H28N4/c1-3-12-25(13-4-1)35-39-36(26-14-5-2-6-15-26)41-37(40-35)30-19-9-16-27-23-31-28(17-10-18-29(31)34(27)30)33-22-21-24-11-7-8-20-32(24)38-33/h1-5,7-14,16-22,37H,6,15,23H2,(H,39,40,41). The molecule has 2 aliphatic carbocycles. The SMILES string of the molecule is C1=CCCC(C2=NC(c3cccc4c3-c3cccc(-c5ccc6ccccc6n5)c3C4)N=C(c3ccccc3)N2)=C1. The zero-order valence-electron chi connectivity index (χ0n) is 22.6. The summed E-state index contributed by atoms with van der Waals surface area (Å²) in [6, 6.07) is 36.2. The number of amidine groups is 2. The number of aromatic nitrogens is 1. The van der Waals surface area contributed by atoms with E-state index in [1.54, 1.807) is 0 Å². The predicted molar refractivity (Wildman–Crippen MR) is 168 cm³/mol. The summed E-state index contributed by atoms with van der Waals surface area (Å²) in [5.74, 6) is 1.78. The van der Waals surface area contributed by atoms with Crippen molar-refractivity contribution in [1.82, 2.24) is 10.3 Å². The first-order chi connectivity index (χ1) is 20.3. The molecule has 1 aromatic heterocycles. The Morgan fingerprint density at radius 2 is 1.54 bits per heavy atom. The Kier molecular flexibility index (Phi) is 5.70. The molecule has 3 aliphatic rings. The van der Waals surface area contributed by atoms with Crippen LogP contribution in [0.25, 0.3) is 33.3 Å². The lowest BCUT2D eigenvalue weighted by molar-refractivity contribution is 0.753. The third-order valence-electron chi connectivity index (χ3n) is 8.25. The summed E-state index contributed by atoms with van der Waals surface area (Å²) in [4.78, 5) is 15.5. The summed E-state index contributed by atoms with van der Waals surface area (Å²) >= 11 is 0. The van der Waals surface area contributed by atoms with Gasteiger partial charge in [-0.3, -0.25) is 0 Å². The molecular formula is C37H28N4. The third kappa shape index (κ3) is 4.20. The Morgan fingerprint density at radius 3 is 2.44 bits per heavy atom. The molecule has 2 heterocycles. The number of hydrogen-bond donors (Lipinski definition) is 1. The second-order valence-corrected chi connectivity index (χ2v) is 10.8. The predicted octanol–water partition coefficient (Wildman–Crippen LogP) is 8.20. The molecule has 0 saturated heterocycles. The van der Waals surface area contributed by atoms with Crippen molar-refractivity contribution in [3.63, 3.8) is 0 Å². The Morgan fingerprint density at radius 1 is 0.707 bits per heavy atom. The van der Waals surface area contributed by atoms with Crippen molar-refractivity contribution in [2.45, 2.75) is 25.4 Å². The monoisotopic (exact) mass is 528 g/mol. The number of rotatable bonds is 4. The summed E-state index contributed by atoms with van der Waals surface area (Å²) in [5.41, 5.74) is 11.8. The van der Waals surface area contributed by atoms with E-state index >= 15 is 0 Å². The molecule has 4 heteroatoms. The first kappa shape index (κ1) is 23.8. The highest BCUT2D eigenvalue weighted by Gasteiger charge is 2.29. The highest BCUT2D eigenvalue weighted by atomic mass is 15.2. The molecule has 5 aromatic rings. The smallest absolute Gasteiger partial charge is 0.170 e. The van der Waals surface area contributed by atoms with Gasteiger partial charge in [0, 0.05) is 22.1 Å². The molecule has 1 unspecified atom stereocenters. The average Bonchev–Trinajstić information content (AvgIpc) is 3.44. The summed E-state index contributed by atoms with van der Waals surface area (Å²) in [5, 5.41) is 4.72. The van der Waals surface area contributed by atoms with E-state index in [9.17, 15) is 0 Å². The summed E-state index contributed by atoms with van der Waals surface area (Å²) in [6.07, 6.45) is 9.04. The van der Waals surface area contributed by atoms with Gasteiger partial charge in [0.2, 0.25) is 0 Å². The fourth-order valence-corrected chi connectivity index (χ4v) is 6.26. The number of nitrogens with zero attached hydrogens (tertiary/aromatic N) is 3. The maximum absolute atomic E-state index is 5.22. The van der Waals surface area contributed by atoms with Crippen molar-refractivity contribution in [1.29, 1.82) is 0 Å². The average molecular weight is 529 g/mol. The Labute approximate surface area is 239 Å². The van der Waals surface area contributed by atoms with Gasteiger partial charge in [-0.25, -0.2) is 15.0 Å². The van der Waals surface area contributed by atoms with E-state index in [1.165, 1.54) is 33.4 Å². The highest BCUT2D eigenvalue weighted by Crippen LogP contribution is 2.45. The van der Waals surface area contributed by atoms with Gasteiger partial charge in [-0.15, -0.1) is 0 Å². The first-order valence-corrected chi connectivity index (χ1v) is 14.3. The number of allylic oxidation sites excluding steroid dienone is 3. The van der Waals surface area contributed by atoms with Gasteiger partial charge in [0.15, 0.2) is 6.17 Å². The minimum Gasteiger partial charge on any atom is -0.325 e. The molecule has 196 valence electrons. The van der Waals surface area contributed by atoms with Crippen LogP contribution < -0.4 is 5.32 Å². The minimum absolute atomic E-state index is 0.336. The van der Waals surface area contributed by atoms with E-state index in [0.717, 1.165) is 58.7 Å². The number of aliphatic imine (C=N–C) groups is 2. The maximum atomic E-state index is 5.22. The normalized spacial score (nSPS) is 17.3. The van der Waals surface area contributed by atoms with E-state index in [-0.39, 0.29) is 6.17 Å². The van der Waals surface area contributed by atoms with Crippen molar-refractivity contribution in [3.8, 4) is 22.4 Å². The maximum Gasteiger partial charge on any atom is 0.170 e. The van der Waals surface area contributed by atoms with Gasteiger partial charge in [-0.05, 0) is 59.2 Å². The first-order valence-electron chi connectivity index (χ1n) is 14.3. The van der Waals surface area contributed by atoms with Crippen LogP contribution in [-0.4, -0.2) is 16.7 Å². The summed E-state index contributed by atoms with van der Waals surface area (Å²) in [6.45, 7) is 0. The molecule has 0 bridgehead atoms. The van der Waals surface area contributed by atoms with Crippen LogP contribution in [0, 0.1) is 0 Å². The number of hydrogen-bond acceptors (Lipinski definition) is 4. The van der Waals surface area contributed by atoms with E-state index < -0.39 is 0 Å². The number of pyridine rings is 1. The van der Waals surface area contributed by atoms with Crippen LogP contribution in [0.1, 0.15) is 41.3 Å². The summed E-state index contributed by atoms with van der Waals surface area (Å²) in [7, 11) is 0. The molecule has 4 nitrogen and oxygen atoms in total. The van der Waals surface area contributed by atoms with Crippen molar-refractivity contribution in [3.05, 3.63) is 149 Å². The van der Waals surface area contributed by atoms with Crippen molar-refractivity contribution in [2.24, 2.45) is 9.98 Å². The van der Waals surface area contributed by atoms with Crippen LogP contribution in [0.15, 0.2) is 137 Å². The molecule has 1 atom stereocenters. The molecule has 41 heavy (non-hydrogen) atoms. The van der Waals surface area contributed by atoms with E-state index in [1.807, 2.05) is 12.1 Å². The topological polar surface area (TPSA) is 49.6 Å². The molecule has 0 saturated carbocycles. The molecule has 0 radical (unpaired) electrons. The second kappa shape index (κ2) is 9.83. The number of nitrogens with one attached hydrogen (secondary N) is 1. The lowest BCUT2D eigenvalue weighted by Crippen LogP contribution is -2.36. The number of para-hydroxylation sites is 1. The second-order valence-electron chi connectivity index (χ2n) is 10.8. The summed E-state index contributed by atoms with van der Waals surface area (Å²) < 4.78 is 0. The highest BCUT2D eigenvalue weighted by molar-refractivity contribution is 6.16. The van der Waals surface area contributed by atoms with Crippen molar-refractivity contribution >= 4 is 22.6 Å². The largest absolute Gasteiger partial charge is 0.325 e. The van der Waals surface area contributed by atoms with Crippen molar-refractivity contribution in [2.75, 3.05) is 0 Å². The van der Waals surface area contributed by atoms with Crippen LogP contribution in [0.4, 0.5) is 0 Å². The molecule has 0 spiro atoms. The van der Waals surface area contributed by atoms with Crippen LogP contribution in [0.3, 0.4) is 0 Å². The molecule has 4 aromatic carbocycles. The van der Waals surface area contributed by atoms with Gasteiger partial charge in [-0.2, -0.15) is 0 Å². The fourth-order valence-electron chi connectivity index (χ4n) is 6.26. The van der Waals surface area contributed by atoms with Crippen LogP contribution in [-0.2, 0) is 6.42 Å². The van der Waals surface area contributed by atoms with E-state index in [4.69, 9.17) is 15.0 Å². The number of benzene rings is 4. The molecule has 0 amide bonds. The van der Waals surface area contributed by atoms with Crippen molar-refractivity contribution < 1.29 is 0 Å². The Hall–Kier alpha value is -5.09. The quantitative estimate of drug-likeness (QED) is 0.251. The Bertz CT molecular complexity index is 1950. The van der Waals surface area contributed by atoms with Crippen LogP contribution >= 0.6 is 0 Å². The van der Waals surface area contributed by atoms with Gasteiger partial charge in [0.25, 0.3) is 0 Å². The molecule has 1 aliphatic heterocycles. The van der Waals surface area contributed by atoms with E-state index in [2.05, 4.69) is 115 Å². The van der Waals surface area contributed by atoms with Gasteiger partial charge < -0.3 is 5.32 Å². The molecule has 1 N–H and O–H groups in total. The number of fused-ring (bicyclic) bond motifs is 4. The lowest BCUT2D eigenvalue weighted by Gasteiger charge is -2.25. The Balaban J connectivity index is 1.26. The fraction of sp³-hybridized carbons (Fsp3) is 0.108. The van der Waals surface area contributed by atoms with Gasteiger partial charge in [-0.1, -0.05) is 109 Å². The molecule has 0 fully saturated rings. The van der Waals surface area contributed by atoms with Gasteiger partial charge in [0.1, 0.15) is 11.7 Å². The molecular weight excluding hydrogens is 500 g/mol. The molecule has 8 rings (SSSR count). The minimum atomic E-state index is -0.336. The van der Waals surface area contributed by atoms with Crippen LogP contribution in [0.2, 0.25) is 0 Å². The zero-order chi connectivity index (χ0) is 27.2. The van der Waals surface area contributed by atoms with E-state index in [0.29, 0.717) is 0 Å². The van der Waals surface area contributed by atoms with Gasteiger partial charge >= 0.3 is 0 Å². The lowest BCUT2D eigenvalue weighted by atomic mass is 9.95. The van der Waals surface area contributed by atoms with Gasteiger partial charge in [0.05, 0.1) is 11.2 Å². The van der Waals surface area contributed by atoms with Crippen LogP contribution in [0.5, 0.6) is 0 Å². The third-order valence-corrected chi connectivity index (χ3v) is 8.25. The zero-order valence-corrected chi connectivity index (χ0v) is 22.6.